The Morgan fingerprint density at radius 3 is 2.30 bits per heavy atom. The predicted octanol–water partition coefficient (Wildman–Crippen LogP) is 2.69. The highest BCUT2D eigenvalue weighted by molar-refractivity contribution is 5.94. The van der Waals surface area contributed by atoms with Crippen molar-refractivity contribution in [3.05, 3.63) is 35.6 Å². The number of nitrogens with two attached hydrogens (primary N) is 1. The number of rotatable bonds is 3. The van der Waals surface area contributed by atoms with E-state index in [4.69, 9.17) is 5.73 Å². The number of hydrogen-bond acceptors (Lipinski definition) is 3. The number of piperidine rings is 2. The Morgan fingerprint density at radius 2 is 1.70 bits per heavy atom. The van der Waals surface area contributed by atoms with Crippen molar-refractivity contribution in [1.29, 1.82) is 0 Å². The molecule has 7 heteroatoms. The van der Waals surface area contributed by atoms with Gasteiger partial charge in [-0.25, -0.2) is 4.39 Å². The fourth-order valence-electron chi connectivity index (χ4n) is 4.04. The third-order valence-electron chi connectivity index (χ3n) is 5.74. The molecule has 2 aliphatic rings. The Labute approximate surface area is 166 Å². The molecule has 2 amide bonds. The SMILES string of the molecule is CC(N)C1CCN(C(=O)C2CCCN(C(=O)c3ccc(F)cc3)C2)CC1.Cl. The van der Waals surface area contributed by atoms with Crippen molar-refractivity contribution in [2.45, 2.75) is 38.6 Å². The summed E-state index contributed by atoms with van der Waals surface area (Å²) in [5.74, 6) is 0.0216. The van der Waals surface area contributed by atoms with Gasteiger partial charge in [-0.05, 0) is 62.8 Å². The van der Waals surface area contributed by atoms with Crippen molar-refractivity contribution in [2.75, 3.05) is 26.2 Å². The van der Waals surface area contributed by atoms with Crippen molar-refractivity contribution in [3.8, 4) is 0 Å². The van der Waals surface area contributed by atoms with Gasteiger partial charge in [-0.2, -0.15) is 0 Å². The molecule has 2 N–H and O–H groups in total. The molecule has 150 valence electrons. The van der Waals surface area contributed by atoms with Crippen LogP contribution in [0.3, 0.4) is 0 Å². The van der Waals surface area contributed by atoms with E-state index in [1.807, 2.05) is 11.8 Å². The van der Waals surface area contributed by atoms with Gasteiger partial charge in [0.15, 0.2) is 0 Å². The lowest BCUT2D eigenvalue weighted by molar-refractivity contribution is -0.138. The maximum atomic E-state index is 13.1. The number of benzene rings is 1. The highest BCUT2D eigenvalue weighted by Crippen LogP contribution is 2.25. The molecule has 2 aliphatic heterocycles. The number of carbonyl (C=O) groups is 2. The molecule has 2 saturated heterocycles. The van der Waals surface area contributed by atoms with Crippen LogP contribution in [0.1, 0.15) is 43.0 Å². The number of amides is 2. The van der Waals surface area contributed by atoms with E-state index < -0.39 is 0 Å². The van der Waals surface area contributed by atoms with Crippen LogP contribution in [-0.4, -0.2) is 53.8 Å². The quantitative estimate of drug-likeness (QED) is 0.852. The largest absolute Gasteiger partial charge is 0.342 e. The average Bonchev–Trinajstić information content (AvgIpc) is 2.67. The third-order valence-corrected chi connectivity index (χ3v) is 5.74. The van der Waals surface area contributed by atoms with E-state index in [9.17, 15) is 14.0 Å². The van der Waals surface area contributed by atoms with Crippen LogP contribution in [0.2, 0.25) is 0 Å². The molecule has 2 atom stereocenters. The summed E-state index contributed by atoms with van der Waals surface area (Å²) in [5, 5.41) is 0. The highest BCUT2D eigenvalue weighted by atomic mass is 35.5. The fraction of sp³-hybridized carbons (Fsp3) is 0.600. The molecule has 5 nitrogen and oxygen atoms in total. The lowest BCUT2D eigenvalue weighted by atomic mass is 9.89. The summed E-state index contributed by atoms with van der Waals surface area (Å²) in [5.41, 5.74) is 6.45. The Hall–Kier alpha value is -1.66. The van der Waals surface area contributed by atoms with Gasteiger partial charge in [0.1, 0.15) is 5.82 Å². The first-order valence-electron chi connectivity index (χ1n) is 9.55. The first kappa shape index (κ1) is 21.6. The number of carbonyl (C=O) groups excluding carboxylic acids is 2. The molecule has 0 bridgehead atoms. The molecule has 1 aromatic carbocycles. The van der Waals surface area contributed by atoms with Crippen molar-refractivity contribution in [2.24, 2.45) is 17.6 Å². The zero-order valence-corrected chi connectivity index (χ0v) is 16.6. The minimum Gasteiger partial charge on any atom is -0.342 e. The first-order valence-corrected chi connectivity index (χ1v) is 9.55. The van der Waals surface area contributed by atoms with E-state index in [-0.39, 0.29) is 42.0 Å². The van der Waals surface area contributed by atoms with Gasteiger partial charge in [-0.15, -0.1) is 12.4 Å². The van der Waals surface area contributed by atoms with Crippen LogP contribution in [0.15, 0.2) is 24.3 Å². The van der Waals surface area contributed by atoms with Gasteiger partial charge in [-0.3, -0.25) is 9.59 Å². The number of nitrogens with zero attached hydrogens (tertiary/aromatic N) is 2. The molecule has 2 heterocycles. The normalized spacial score (nSPS) is 22.1. The van der Waals surface area contributed by atoms with Crippen molar-refractivity contribution < 1.29 is 14.0 Å². The summed E-state index contributed by atoms with van der Waals surface area (Å²) >= 11 is 0. The Morgan fingerprint density at radius 1 is 1.07 bits per heavy atom. The molecule has 0 radical (unpaired) electrons. The maximum absolute atomic E-state index is 13.1. The number of hydrogen-bond donors (Lipinski definition) is 1. The van der Waals surface area contributed by atoms with Crippen LogP contribution in [0.25, 0.3) is 0 Å². The Kier molecular flexibility index (Phi) is 7.62. The number of likely N-dealkylation sites (tertiary alicyclic amines) is 2. The zero-order valence-electron chi connectivity index (χ0n) is 15.8. The van der Waals surface area contributed by atoms with Gasteiger partial charge >= 0.3 is 0 Å². The second kappa shape index (κ2) is 9.51. The lowest BCUT2D eigenvalue weighted by Gasteiger charge is -2.38. The molecule has 27 heavy (non-hydrogen) atoms. The molecule has 0 spiro atoms. The van der Waals surface area contributed by atoms with Gasteiger partial charge in [0.2, 0.25) is 5.91 Å². The van der Waals surface area contributed by atoms with Gasteiger partial charge in [0, 0.05) is 37.8 Å². The highest BCUT2D eigenvalue weighted by Gasteiger charge is 2.33. The van der Waals surface area contributed by atoms with Gasteiger partial charge in [0.05, 0.1) is 5.92 Å². The van der Waals surface area contributed by atoms with E-state index in [1.54, 1.807) is 4.90 Å². The number of halogens is 2. The van der Waals surface area contributed by atoms with E-state index in [0.29, 0.717) is 24.6 Å². The van der Waals surface area contributed by atoms with Crippen LogP contribution in [0, 0.1) is 17.7 Å². The van der Waals surface area contributed by atoms with E-state index in [1.165, 1.54) is 24.3 Å². The summed E-state index contributed by atoms with van der Waals surface area (Å²) in [6, 6.07) is 5.76. The smallest absolute Gasteiger partial charge is 0.253 e. The summed E-state index contributed by atoms with van der Waals surface area (Å²) in [6.07, 6.45) is 3.54. The van der Waals surface area contributed by atoms with E-state index in [2.05, 4.69) is 0 Å². The molecule has 2 fully saturated rings. The first-order chi connectivity index (χ1) is 12.5. The Bertz CT molecular complexity index is 645. The van der Waals surface area contributed by atoms with Crippen molar-refractivity contribution in [1.82, 2.24) is 9.80 Å². The summed E-state index contributed by atoms with van der Waals surface area (Å²) in [6.45, 7) is 4.64. The molecule has 0 aliphatic carbocycles. The predicted molar refractivity (Wildman–Crippen MR) is 105 cm³/mol. The summed E-state index contributed by atoms with van der Waals surface area (Å²) in [4.78, 5) is 29.2. The fourth-order valence-corrected chi connectivity index (χ4v) is 4.04. The molecule has 1 aromatic rings. The second-order valence-corrected chi connectivity index (χ2v) is 7.62. The van der Waals surface area contributed by atoms with Crippen LogP contribution in [0.4, 0.5) is 4.39 Å². The van der Waals surface area contributed by atoms with Crippen LogP contribution in [-0.2, 0) is 4.79 Å². The van der Waals surface area contributed by atoms with Crippen LogP contribution < -0.4 is 5.73 Å². The monoisotopic (exact) mass is 397 g/mol. The average molecular weight is 398 g/mol. The third kappa shape index (κ3) is 5.20. The van der Waals surface area contributed by atoms with Crippen molar-refractivity contribution in [3.63, 3.8) is 0 Å². The van der Waals surface area contributed by atoms with Gasteiger partial charge < -0.3 is 15.5 Å². The lowest BCUT2D eigenvalue weighted by Crippen LogP contribution is -2.49. The minimum atomic E-state index is -0.358. The second-order valence-electron chi connectivity index (χ2n) is 7.62. The molecule has 0 aromatic heterocycles. The maximum Gasteiger partial charge on any atom is 0.253 e. The molecular formula is C20H29ClFN3O2. The summed E-state index contributed by atoms with van der Waals surface area (Å²) < 4.78 is 13.1. The topological polar surface area (TPSA) is 66.6 Å². The van der Waals surface area contributed by atoms with Crippen LogP contribution >= 0.6 is 12.4 Å². The Balaban J connectivity index is 0.00000261. The van der Waals surface area contributed by atoms with Crippen molar-refractivity contribution >= 4 is 24.2 Å². The van der Waals surface area contributed by atoms with Gasteiger partial charge in [0.25, 0.3) is 5.91 Å². The van der Waals surface area contributed by atoms with E-state index in [0.717, 1.165) is 38.8 Å². The molecule has 2 unspecified atom stereocenters. The van der Waals surface area contributed by atoms with Crippen LogP contribution in [0.5, 0.6) is 0 Å². The van der Waals surface area contributed by atoms with E-state index >= 15 is 0 Å². The molecular weight excluding hydrogens is 369 g/mol. The standard InChI is InChI=1S/C20H28FN3O2.ClH/c1-14(22)15-8-11-23(12-9-15)20(26)17-3-2-10-24(13-17)19(25)16-4-6-18(21)7-5-16;/h4-7,14-15,17H,2-3,8-13,22H2,1H3;1H. The summed E-state index contributed by atoms with van der Waals surface area (Å²) in [7, 11) is 0. The molecule has 0 saturated carbocycles. The minimum absolute atomic E-state index is 0. The zero-order chi connectivity index (χ0) is 18.7. The molecule has 3 rings (SSSR count). The van der Waals surface area contributed by atoms with Gasteiger partial charge in [-0.1, -0.05) is 0 Å².